The summed E-state index contributed by atoms with van der Waals surface area (Å²) in [6, 6.07) is 11.5. The van der Waals surface area contributed by atoms with Gasteiger partial charge in [0.05, 0.1) is 6.42 Å². The van der Waals surface area contributed by atoms with Gasteiger partial charge in [-0.3, -0.25) is 4.79 Å². The Balaban J connectivity index is 1.49. The summed E-state index contributed by atoms with van der Waals surface area (Å²) in [4.78, 5) is 15.5. The largest absolute Gasteiger partial charge is 0.312 e. The van der Waals surface area contributed by atoms with Gasteiger partial charge in [-0.25, -0.2) is 8.42 Å². The number of hydrogen-bond donors (Lipinski definition) is 0. The van der Waals surface area contributed by atoms with E-state index in [1.54, 1.807) is 16.4 Å². The first-order valence-corrected chi connectivity index (χ1v) is 11.8. The first-order valence-electron chi connectivity index (χ1n) is 9.53. The van der Waals surface area contributed by atoms with E-state index >= 15 is 0 Å². The summed E-state index contributed by atoms with van der Waals surface area (Å²) in [5, 5.41) is 0. The van der Waals surface area contributed by atoms with Gasteiger partial charge in [-0.05, 0) is 49.4 Å². The normalized spacial score (nSPS) is 18.3. The number of piperidine rings is 1. The number of hydrogen-bond acceptors (Lipinski definition) is 4. The standard InChI is InChI=1S/C20H24N2O3S2/c23-19(22-14-6-8-16-7-2-3-9-18(16)22)15-17-10-11-20(26-17)27(24,25)21-12-4-1-5-13-21/h2-3,7,9-11H,1,4-6,8,12-15H2. The zero-order chi connectivity index (χ0) is 18.9. The van der Waals surface area contributed by atoms with Gasteiger partial charge in [0.1, 0.15) is 4.21 Å². The van der Waals surface area contributed by atoms with Crippen molar-refractivity contribution in [2.24, 2.45) is 0 Å². The van der Waals surface area contributed by atoms with Crippen molar-refractivity contribution in [3.05, 3.63) is 46.8 Å². The molecular formula is C20H24N2O3S2. The van der Waals surface area contributed by atoms with Gasteiger partial charge in [0, 0.05) is 30.2 Å². The fourth-order valence-corrected chi connectivity index (χ4v) is 6.88. The number of amides is 1. The fourth-order valence-electron chi connectivity index (χ4n) is 3.86. The molecule has 1 aromatic heterocycles. The molecule has 2 aliphatic heterocycles. The second-order valence-corrected chi connectivity index (χ2v) is 10.5. The first-order chi connectivity index (χ1) is 13.1. The number of benzene rings is 1. The minimum absolute atomic E-state index is 0.0333. The molecule has 0 radical (unpaired) electrons. The number of para-hydroxylation sites is 1. The van der Waals surface area contributed by atoms with Crippen LogP contribution in [0.5, 0.6) is 0 Å². The molecule has 3 heterocycles. The van der Waals surface area contributed by atoms with Crippen LogP contribution in [0.2, 0.25) is 0 Å². The van der Waals surface area contributed by atoms with E-state index in [9.17, 15) is 13.2 Å². The van der Waals surface area contributed by atoms with Crippen LogP contribution in [-0.2, 0) is 27.7 Å². The van der Waals surface area contributed by atoms with E-state index in [-0.39, 0.29) is 12.3 Å². The van der Waals surface area contributed by atoms with Gasteiger partial charge in [-0.15, -0.1) is 11.3 Å². The number of nitrogens with zero attached hydrogens (tertiary/aromatic N) is 2. The molecule has 1 amide bonds. The molecule has 0 spiro atoms. The third kappa shape index (κ3) is 3.81. The van der Waals surface area contributed by atoms with Crippen LogP contribution in [0.4, 0.5) is 5.69 Å². The number of sulfonamides is 1. The number of carbonyl (C=O) groups is 1. The molecule has 1 fully saturated rings. The lowest BCUT2D eigenvalue weighted by Crippen LogP contribution is -2.36. The maximum absolute atomic E-state index is 12.9. The van der Waals surface area contributed by atoms with Gasteiger partial charge in [-0.1, -0.05) is 24.6 Å². The number of fused-ring (bicyclic) bond motifs is 1. The highest BCUT2D eigenvalue weighted by molar-refractivity contribution is 7.91. The van der Waals surface area contributed by atoms with Crippen molar-refractivity contribution in [3.8, 4) is 0 Å². The zero-order valence-corrected chi connectivity index (χ0v) is 16.9. The lowest BCUT2D eigenvalue weighted by atomic mass is 10.0. The number of thiophene rings is 1. The van der Waals surface area contributed by atoms with Crippen LogP contribution >= 0.6 is 11.3 Å². The smallest absolute Gasteiger partial charge is 0.252 e. The van der Waals surface area contributed by atoms with Gasteiger partial charge < -0.3 is 4.90 Å². The second-order valence-electron chi connectivity index (χ2n) is 7.14. The molecule has 0 atom stereocenters. The minimum atomic E-state index is -3.42. The molecule has 0 unspecified atom stereocenters. The van der Waals surface area contributed by atoms with E-state index in [0.717, 1.165) is 49.2 Å². The Kier molecular flexibility index (Phi) is 5.34. The molecule has 2 aromatic rings. The topological polar surface area (TPSA) is 57.7 Å². The van der Waals surface area contributed by atoms with Crippen molar-refractivity contribution in [3.63, 3.8) is 0 Å². The van der Waals surface area contributed by atoms with E-state index in [0.29, 0.717) is 17.3 Å². The summed E-state index contributed by atoms with van der Waals surface area (Å²) in [5.41, 5.74) is 2.20. The van der Waals surface area contributed by atoms with Crippen LogP contribution in [-0.4, -0.2) is 38.3 Å². The lowest BCUT2D eigenvalue weighted by molar-refractivity contribution is -0.118. The molecule has 7 heteroatoms. The summed E-state index contributed by atoms with van der Waals surface area (Å²) < 4.78 is 27.5. The Morgan fingerprint density at radius 2 is 1.74 bits per heavy atom. The molecule has 0 bridgehead atoms. The van der Waals surface area contributed by atoms with Crippen LogP contribution in [0.1, 0.15) is 36.1 Å². The zero-order valence-electron chi connectivity index (χ0n) is 15.3. The Hall–Kier alpha value is -1.70. The van der Waals surface area contributed by atoms with Gasteiger partial charge in [0.15, 0.2) is 0 Å². The predicted octanol–water partition coefficient (Wildman–Crippen LogP) is 3.44. The molecule has 1 saturated heterocycles. The molecule has 4 rings (SSSR count). The summed E-state index contributed by atoms with van der Waals surface area (Å²) in [7, 11) is -3.42. The van der Waals surface area contributed by atoms with Crippen molar-refractivity contribution >= 4 is 33.0 Å². The van der Waals surface area contributed by atoms with E-state index in [4.69, 9.17) is 0 Å². The molecule has 1 aromatic carbocycles. The summed E-state index contributed by atoms with van der Waals surface area (Å²) in [6.45, 7) is 1.91. The number of carbonyl (C=O) groups excluding carboxylic acids is 1. The minimum Gasteiger partial charge on any atom is -0.312 e. The summed E-state index contributed by atoms with van der Waals surface area (Å²) in [5.74, 6) is 0.0333. The van der Waals surface area contributed by atoms with E-state index in [1.807, 2.05) is 23.1 Å². The van der Waals surface area contributed by atoms with Gasteiger partial charge in [-0.2, -0.15) is 4.31 Å². The van der Waals surface area contributed by atoms with Crippen LogP contribution in [0, 0.1) is 0 Å². The second kappa shape index (κ2) is 7.73. The number of anilines is 1. The third-order valence-electron chi connectivity index (χ3n) is 5.28. The van der Waals surface area contributed by atoms with Crippen LogP contribution in [0.3, 0.4) is 0 Å². The molecular weight excluding hydrogens is 380 g/mol. The Bertz CT molecular complexity index is 930. The first kappa shape index (κ1) is 18.7. The Morgan fingerprint density at radius 1 is 0.963 bits per heavy atom. The van der Waals surface area contributed by atoms with E-state index in [2.05, 4.69) is 6.07 Å². The van der Waals surface area contributed by atoms with E-state index in [1.165, 1.54) is 16.9 Å². The van der Waals surface area contributed by atoms with Gasteiger partial charge in [0.25, 0.3) is 10.0 Å². The van der Waals surface area contributed by atoms with Crippen molar-refractivity contribution in [2.75, 3.05) is 24.5 Å². The summed E-state index contributed by atoms with van der Waals surface area (Å²) >= 11 is 1.23. The van der Waals surface area contributed by atoms with Crippen LogP contribution < -0.4 is 4.90 Å². The highest BCUT2D eigenvalue weighted by Crippen LogP contribution is 2.30. The number of rotatable bonds is 4. The van der Waals surface area contributed by atoms with Crippen LogP contribution in [0.25, 0.3) is 0 Å². The maximum Gasteiger partial charge on any atom is 0.252 e. The quantitative estimate of drug-likeness (QED) is 0.784. The summed E-state index contributed by atoms with van der Waals surface area (Å²) in [6.07, 6.45) is 5.13. The molecule has 0 N–H and O–H groups in total. The lowest BCUT2D eigenvalue weighted by Gasteiger charge is -2.29. The van der Waals surface area contributed by atoms with E-state index < -0.39 is 10.0 Å². The third-order valence-corrected chi connectivity index (χ3v) is 8.73. The average Bonchev–Trinajstić information content (AvgIpc) is 3.17. The molecule has 0 aliphatic carbocycles. The van der Waals surface area contributed by atoms with Gasteiger partial charge in [0.2, 0.25) is 5.91 Å². The highest BCUT2D eigenvalue weighted by Gasteiger charge is 2.28. The van der Waals surface area contributed by atoms with Crippen LogP contribution in [0.15, 0.2) is 40.6 Å². The SMILES string of the molecule is O=C(Cc1ccc(S(=O)(=O)N2CCCCC2)s1)N1CCCc2ccccc21. The molecule has 144 valence electrons. The highest BCUT2D eigenvalue weighted by atomic mass is 32.2. The predicted molar refractivity (Wildman–Crippen MR) is 108 cm³/mol. The maximum atomic E-state index is 12.9. The van der Waals surface area contributed by atoms with Crippen molar-refractivity contribution in [1.82, 2.24) is 4.31 Å². The number of aryl methyl sites for hydroxylation is 1. The molecule has 2 aliphatic rings. The van der Waals surface area contributed by atoms with Crippen molar-refractivity contribution in [2.45, 2.75) is 42.7 Å². The molecule has 5 nitrogen and oxygen atoms in total. The molecule has 27 heavy (non-hydrogen) atoms. The Morgan fingerprint density at radius 3 is 2.56 bits per heavy atom. The van der Waals surface area contributed by atoms with Crippen molar-refractivity contribution in [1.29, 1.82) is 0 Å². The average molecular weight is 405 g/mol. The Labute approximate surface area is 164 Å². The van der Waals surface area contributed by atoms with Gasteiger partial charge >= 0.3 is 0 Å². The van der Waals surface area contributed by atoms with Crippen molar-refractivity contribution < 1.29 is 13.2 Å². The monoisotopic (exact) mass is 404 g/mol. The fraction of sp³-hybridized carbons (Fsp3) is 0.450. The molecule has 0 saturated carbocycles.